The van der Waals surface area contributed by atoms with Gasteiger partial charge in [0.1, 0.15) is 5.60 Å². The van der Waals surface area contributed by atoms with Crippen LogP contribution in [-0.4, -0.2) is 69.3 Å². The Balaban J connectivity index is 2.65. The minimum Gasteiger partial charge on any atom is -0.444 e. The van der Waals surface area contributed by atoms with E-state index in [2.05, 4.69) is 34.8 Å². The van der Waals surface area contributed by atoms with E-state index in [-0.39, 0.29) is 5.60 Å². The zero-order valence-corrected chi connectivity index (χ0v) is 18.7. The van der Waals surface area contributed by atoms with Gasteiger partial charge in [0.2, 0.25) is 0 Å². The summed E-state index contributed by atoms with van der Waals surface area (Å²) in [4.78, 5) is 16.6. The van der Waals surface area contributed by atoms with Crippen LogP contribution in [0, 0.1) is 0 Å². The number of aliphatic imine (C=N–C) groups is 1. The maximum absolute atomic E-state index is 12.3. The number of methoxy groups -OCH3 is 1. The van der Waals surface area contributed by atoms with Gasteiger partial charge in [-0.1, -0.05) is 13.8 Å². The molecule has 1 heterocycles. The highest BCUT2D eigenvalue weighted by molar-refractivity contribution is 5.80. The number of alkyl carbamates (subject to hydrolysis) is 1. The second-order valence-corrected chi connectivity index (χ2v) is 8.39. The Morgan fingerprint density at radius 3 is 2.21 bits per heavy atom. The van der Waals surface area contributed by atoms with Crippen molar-refractivity contribution in [2.24, 2.45) is 4.99 Å². The van der Waals surface area contributed by atoms with E-state index >= 15 is 0 Å². The lowest BCUT2D eigenvalue weighted by Gasteiger charge is -2.37. The highest BCUT2D eigenvalue weighted by Crippen LogP contribution is 2.23. The van der Waals surface area contributed by atoms with Gasteiger partial charge in [-0.25, -0.2) is 4.79 Å². The van der Waals surface area contributed by atoms with E-state index in [0.29, 0.717) is 32.3 Å². The first kappa shape index (κ1) is 24.5. The average Bonchev–Trinajstić information content (AvgIpc) is 2.66. The van der Waals surface area contributed by atoms with Gasteiger partial charge in [-0.2, -0.15) is 0 Å². The maximum atomic E-state index is 12.3. The second-order valence-electron chi connectivity index (χ2n) is 8.39. The lowest BCUT2D eigenvalue weighted by molar-refractivity contribution is -0.0855. The molecule has 0 aromatic heterocycles. The third-order valence-corrected chi connectivity index (χ3v) is 5.35. The molecule has 8 nitrogen and oxygen atoms in total. The molecule has 0 spiro atoms. The second kappa shape index (κ2) is 10.9. The van der Waals surface area contributed by atoms with Gasteiger partial charge in [0.15, 0.2) is 5.96 Å². The SMILES string of the molecule is CCC(CC)(CNC(=NC)NCC1(OC)CCOCC1)NC(=O)OC(C)(C)C. The van der Waals surface area contributed by atoms with Crippen LogP contribution in [0.3, 0.4) is 0 Å². The zero-order valence-electron chi connectivity index (χ0n) is 18.7. The van der Waals surface area contributed by atoms with Crippen molar-refractivity contribution >= 4 is 12.1 Å². The Hall–Kier alpha value is -1.54. The van der Waals surface area contributed by atoms with E-state index in [1.807, 2.05) is 20.8 Å². The van der Waals surface area contributed by atoms with Crippen LogP contribution in [0.15, 0.2) is 4.99 Å². The third kappa shape index (κ3) is 7.83. The molecule has 1 amide bonds. The van der Waals surface area contributed by atoms with Gasteiger partial charge in [-0.05, 0) is 33.6 Å². The smallest absolute Gasteiger partial charge is 0.408 e. The molecule has 0 saturated carbocycles. The molecule has 8 heteroatoms. The van der Waals surface area contributed by atoms with Crippen molar-refractivity contribution in [3.05, 3.63) is 0 Å². The van der Waals surface area contributed by atoms with E-state index < -0.39 is 17.2 Å². The highest BCUT2D eigenvalue weighted by Gasteiger charge is 2.33. The summed E-state index contributed by atoms with van der Waals surface area (Å²) in [6.07, 6.45) is 2.84. The van der Waals surface area contributed by atoms with Gasteiger partial charge in [-0.15, -0.1) is 0 Å². The topological polar surface area (TPSA) is 93.2 Å². The van der Waals surface area contributed by atoms with E-state index in [1.54, 1.807) is 14.2 Å². The molecular formula is C20H40N4O4. The molecule has 1 aliphatic rings. The first-order valence-electron chi connectivity index (χ1n) is 10.2. The van der Waals surface area contributed by atoms with Crippen molar-refractivity contribution in [2.75, 3.05) is 40.5 Å². The Kier molecular flexibility index (Phi) is 9.50. The Morgan fingerprint density at radius 2 is 1.75 bits per heavy atom. The predicted octanol–water partition coefficient (Wildman–Crippen LogP) is 2.43. The number of carbonyl (C=O) groups is 1. The summed E-state index contributed by atoms with van der Waals surface area (Å²) in [5.74, 6) is 0.681. The standard InChI is InChI=1S/C20H40N4O4/c1-8-19(9-2,24-17(25)28-18(3,4)5)14-22-16(21-6)23-15-20(26-7)10-12-27-13-11-20/h8-15H2,1-7H3,(H,24,25)(H2,21,22,23). The van der Waals surface area contributed by atoms with Crippen LogP contribution >= 0.6 is 0 Å². The number of nitrogens with zero attached hydrogens (tertiary/aromatic N) is 1. The maximum Gasteiger partial charge on any atom is 0.408 e. The van der Waals surface area contributed by atoms with Crippen molar-refractivity contribution in [3.8, 4) is 0 Å². The van der Waals surface area contributed by atoms with Crippen LogP contribution in [0.1, 0.15) is 60.3 Å². The Bertz CT molecular complexity index is 507. The number of guanidine groups is 1. The molecule has 0 atom stereocenters. The van der Waals surface area contributed by atoms with Gasteiger partial charge in [-0.3, -0.25) is 4.99 Å². The van der Waals surface area contributed by atoms with Crippen LogP contribution < -0.4 is 16.0 Å². The summed E-state index contributed by atoms with van der Waals surface area (Å²) >= 11 is 0. The van der Waals surface area contributed by atoms with Crippen LogP contribution in [0.4, 0.5) is 4.79 Å². The van der Waals surface area contributed by atoms with Crippen molar-refractivity contribution < 1.29 is 19.0 Å². The van der Waals surface area contributed by atoms with Crippen LogP contribution in [-0.2, 0) is 14.2 Å². The number of ether oxygens (including phenoxy) is 3. The number of carbonyl (C=O) groups excluding carboxylic acids is 1. The number of hydrogen-bond donors (Lipinski definition) is 3. The summed E-state index contributed by atoms with van der Waals surface area (Å²) in [5.41, 5.74) is -1.19. The number of amides is 1. The minimum atomic E-state index is -0.527. The van der Waals surface area contributed by atoms with E-state index in [4.69, 9.17) is 14.2 Å². The number of rotatable bonds is 8. The molecule has 0 aromatic carbocycles. The molecule has 164 valence electrons. The fourth-order valence-corrected chi connectivity index (χ4v) is 3.16. The molecule has 0 aliphatic carbocycles. The van der Waals surface area contributed by atoms with Crippen LogP contribution in [0.2, 0.25) is 0 Å². The third-order valence-electron chi connectivity index (χ3n) is 5.35. The van der Waals surface area contributed by atoms with Gasteiger partial charge < -0.3 is 30.2 Å². The molecule has 1 aliphatic heterocycles. The van der Waals surface area contributed by atoms with E-state index in [1.165, 1.54) is 0 Å². The minimum absolute atomic E-state index is 0.239. The monoisotopic (exact) mass is 400 g/mol. The molecular weight excluding hydrogens is 360 g/mol. The van der Waals surface area contributed by atoms with Crippen molar-refractivity contribution in [2.45, 2.75) is 77.0 Å². The first-order chi connectivity index (χ1) is 13.1. The van der Waals surface area contributed by atoms with Crippen molar-refractivity contribution in [3.63, 3.8) is 0 Å². The van der Waals surface area contributed by atoms with Crippen molar-refractivity contribution in [1.82, 2.24) is 16.0 Å². The molecule has 1 saturated heterocycles. The summed E-state index contributed by atoms with van der Waals surface area (Å²) in [7, 11) is 3.48. The predicted molar refractivity (Wildman–Crippen MR) is 112 cm³/mol. The van der Waals surface area contributed by atoms with Gasteiger partial charge >= 0.3 is 6.09 Å². The van der Waals surface area contributed by atoms with E-state index in [9.17, 15) is 4.79 Å². The molecule has 0 bridgehead atoms. The molecule has 1 rings (SSSR count). The zero-order chi connectivity index (χ0) is 21.3. The summed E-state index contributed by atoms with van der Waals surface area (Å²) in [6, 6.07) is 0. The summed E-state index contributed by atoms with van der Waals surface area (Å²) in [6.45, 7) is 12.3. The molecule has 3 N–H and O–H groups in total. The van der Waals surface area contributed by atoms with Crippen LogP contribution in [0.25, 0.3) is 0 Å². The summed E-state index contributed by atoms with van der Waals surface area (Å²) < 4.78 is 16.6. The Labute approximate surface area is 170 Å². The average molecular weight is 401 g/mol. The molecule has 1 fully saturated rings. The summed E-state index contributed by atoms with van der Waals surface area (Å²) in [5, 5.41) is 9.74. The molecule has 0 unspecified atom stereocenters. The molecule has 28 heavy (non-hydrogen) atoms. The van der Waals surface area contributed by atoms with Gasteiger partial charge in [0.25, 0.3) is 0 Å². The highest BCUT2D eigenvalue weighted by atomic mass is 16.6. The fourth-order valence-electron chi connectivity index (χ4n) is 3.16. The van der Waals surface area contributed by atoms with E-state index in [0.717, 1.165) is 25.7 Å². The van der Waals surface area contributed by atoms with Crippen LogP contribution in [0.5, 0.6) is 0 Å². The fraction of sp³-hybridized carbons (Fsp3) is 0.900. The molecule has 0 radical (unpaired) electrons. The number of hydrogen-bond acceptors (Lipinski definition) is 5. The first-order valence-corrected chi connectivity index (χ1v) is 10.2. The van der Waals surface area contributed by atoms with Gasteiger partial charge in [0, 0.05) is 53.3 Å². The molecule has 0 aromatic rings. The lowest BCUT2D eigenvalue weighted by Crippen LogP contribution is -2.58. The lowest BCUT2D eigenvalue weighted by atomic mass is 9.92. The van der Waals surface area contributed by atoms with Gasteiger partial charge in [0.05, 0.1) is 11.1 Å². The number of nitrogens with one attached hydrogen (secondary N) is 3. The quantitative estimate of drug-likeness (QED) is 0.428. The van der Waals surface area contributed by atoms with Crippen molar-refractivity contribution in [1.29, 1.82) is 0 Å². The Morgan fingerprint density at radius 1 is 1.14 bits per heavy atom. The largest absolute Gasteiger partial charge is 0.444 e. The normalized spacial score (nSPS) is 17.8.